The van der Waals surface area contributed by atoms with Crippen LogP contribution in [0.25, 0.3) is 0 Å². The molecule has 1 nitrogen and oxygen atoms in total. The Kier molecular flexibility index (Phi) is 3.84. The molecule has 0 saturated carbocycles. The monoisotopic (exact) mass is 203 g/mol. The standard InChI is InChI=1S/C7H10F5N/c1-5(13)3-2-4-6(8,9)7(10,11)12/h2-3,5H,4,13H2,1H3/b3-2+. The molecule has 1 unspecified atom stereocenters. The van der Waals surface area contributed by atoms with Gasteiger partial charge in [-0.3, -0.25) is 0 Å². The van der Waals surface area contributed by atoms with Gasteiger partial charge in [-0.2, -0.15) is 22.0 Å². The number of alkyl halides is 5. The summed E-state index contributed by atoms with van der Waals surface area (Å²) in [6.07, 6.45) is -5.02. The molecule has 0 aromatic heterocycles. The van der Waals surface area contributed by atoms with Gasteiger partial charge in [0.15, 0.2) is 0 Å². The molecule has 0 heterocycles. The summed E-state index contributed by atoms with van der Waals surface area (Å²) in [6, 6.07) is -0.524. The molecule has 0 spiro atoms. The number of hydrogen-bond acceptors (Lipinski definition) is 1. The Morgan fingerprint density at radius 2 is 1.69 bits per heavy atom. The van der Waals surface area contributed by atoms with Crippen LogP contribution >= 0.6 is 0 Å². The highest BCUT2D eigenvalue weighted by Gasteiger charge is 2.56. The van der Waals surface area contributed by atoms with Crippen molar-refractivity contribution in [3.05, 3.63) is 12.2 Å². The van der Waals surface area contributed by atoms with Crippen molar-refractivity contribution in [1.29, 1.82) is 0 Å². The summed E-state index contributed by atoms with van der Waals surface area (Å²) in [5.41, 5.74) is 5.12. The van der Waals surface area contributed by atoms with Crippen LogP contribution < -0.4 is 5.73 Å². The molecular formula is C7H10F5N. The quantitative estimate of drug-likeness (QED) is 0.553. The van der Waals surface area contributed by atoms with Gasteiger partial charge in [-0.15, -0.1) is 0 Å². The van der Waals surface area contributed by atoms with Gasteiger partial charge in [-0.1, -0.05) is 12.2 Å². The van der Waals surface area contributed by atoms with Crippen molar-refractivity contribution in [1.82, 2.24) is 0 Å². The fourth-order valence-corrected chi connectivity index (χ4v) is 0.546. The van der Waals surface area contributed by atoms with E-state index in [1.165, 1.54) is 6.92 Å². The van der Waals surface area contributed by atoms with E-state index in [2.05, 4.69) is 0 Å². The van der Waals surface area contributed by atoms with E-state index >= 15 is 0 Å². The lowest BCUT2D eigenvalue weighted by atomic mass is 10.2. The second kappa shape index (κ2) is 4.04. The average Bonchev–Trinajstić information content (AvgIpc) is 1.82. The molecule has 2 N–H and O–H groups in total. The lowest BCUT2D eigenvalue weighted by Gasteiger charge is -2.17. The Bertz CT molecular complexity index is 182. The smallest absolute Gasteiger partial charge is 0.325 e. The number of nitrogens with two attached hydrogens (primary N) is 1. The first kappa shape index (κ1) is 12.3. The summed E-state index contributed by atoms with van der Waals surface area (Å²) in [7, 11) is 0. The lowest BCUT2D eigenvalue weighted by molar-refractivity contribution is -0.280. The highest BCUT2D eigenvalue weighted by molar-refractivity contribution is 4.94. The first-order valence-electron chi connectivity index (χ1n) is 3.53. The number of rotatable bonds is 3. The first-order chi connectivity index (χ1) is 5.67. The third-order valence-electron chi connectivity index (χ3n) is 1.23. The van der Waals surface area contributed by atoms with E-state index in [1.807, 2.05) is 0 Å². The maximum absolute atomic E-state index is 12.2. The molecular weight excluding hydrogens is 193 g/mol. The van der Waals surface area contributed by atoms with Gasteiger partial charge in [0.2, 0.25) is 0 Å². The van der Waals surface area contributed by atoms with Crippen molar-refractivity contribution < 1.29 is 22.0 Å². The van der Waals surface area contributed by atoms with Crippen LogP contribution in [0.5, 0.6) is 0 Å². The molecule has 0 aliphatic heterocycles. The summed E-state index contributed by atoms with van der Waals surface area (Å²) < 4.78 is 59.0. The van der Waals surface area contributed by atoms with Crippen molar-refractivity contribution in [2.75, 3.05) is 0 Å². The van der Waals surface area contributed by atoms with Gasteiger partial charge in [0, 0.05) is 12.5 Å². The molecule has 0 fully saturated rings. The zero-order valence-electron chi connectivity index (χ0n) is 6.91. The van der Waals surface area contributed by atoms with Crippen LogP contribution in [0.2, 0.25) is 0 Å². The first-order valence-corrected chi connectivity index (χ1v) is 3.53. The Labute approximate surface area is 72.4 Å². The lowest BCUT2D eigenvalue weighted by Crippen LogP contribution is -2.35. The molecule has 0 rings (SSSR count). The minimum Gasteiger partial charge on any atom is -0.325 e. The van der Waals surface area contributed by atoms with Crippen LogP contribution in [-0.4, -0.2) is 18.1 Å². The van der Waals surface area contributed by atoms with Crippen LogP contribution in [0.1, 0.15) is 13.3 Å². The number of hydrogen-bond donors (Lipinski definition) is 1. The Morgan fingerprint density at radius 3 is 2.00 bits per heavy atom. The molecule has 0 aromatic rings. The topological polar surface area (TPSA) is 26.0 Å². The second-order valence-electron chi connectivity index (χ2n) is 2.69. The SMILES string of the molecule is CC(N)/C=C/CC(F)(F)C(F)(F)F. The van der Waals surface area contributed by atoms with Crippen LogP contribution in [0, 0.1) is 0 Å². The highest BCUT2D eigenvalue weighted by atomic mass is 19.4. The minimum absolute atomic E-state index is 0.524. The number of allylic oxidation sites excluding steroid dienone is 1. The highest BCUT2D eigenvalue weighted by Crippen LogP contribution is 2.38. The molecule has 0 amide bonds. The van der Waals surface area contributed by atoms with Crippen molar-refractivity contribution in [3.8, 4) is 0 Å². The van der Waals surface area contributed by atoms with Gasteiger partial charge in [0.1, 0.15) is 0 Å². The van der Waals surface area contributed by atoms with Gasteiger partial charge in [-0.25, -0.2) is 0 Å². The fourth-order valence-electron chi connectivity index (χ4n) is 0.546. The average molecular weight is 203 g/mol. The molecule has 0 radical (unpaired) electrons. The molecule has 0 bridgehead atoms. The zero-order chi connectivity index (χ0) is 10.7. The molecule has 6 heteroatoms. The van der Waals surface area contributed by atoms with Gasteiger partial charge >= 0.3 is 12.1 Å². The van der Waals surface area contributed by atoms with Gasteiger partial charge in [0.25, 0.3) is 0 Å². The molecule has 78 valence electrons. The summed E-state index contributed by atoms with van der Waals surface area (Å²) in [6.45, 7) is 1.47. The Hall–Kier alpha value is -0.650. The van der Waals surface area contributed by atoms with E-state index in [4.69, 9.17) is 5.73 Å². The van der Waals surface area contributed by atoms with Crippen molar-refractivity contribution >= 4 is 0 Å². The predicted octanol–water partition coefficient (Wildman–Crippen LogP) is 2.48. The van der Waals surface area contributed by atoms with Crippen LogP contribution in [0.3, 0.4) is 0 Å². The summed E-state index contributed by atoms with van der Waals surface area (Å²) >= 11 is 0. The van der Waals surface area contributed by atoms with E-state index in [1.54, 1.807) is 0 Å². The second-order valence-corrected chi connectivity index (χ2v) is 2.69. The minimum atomic E-state index is -5.49. The van der Waals surface area contributed by atoms with Crippen molar-refractivity contribution in [3.63, 3.8) is 0 Å². The van der Waals surface area contributed by atoms with E-state index in [-0.39, 0.29) is 0 Å². The maximum atomic E-state index is 12.2. The maximum Gasteiger partial charge on any atom is 0.453 e. The van der Waals surface area contributed by atoms with E-state index in [0.29, 0.717) is 0 Å². The largest absolute Gasteiger partial charge is 0.453 e. The van der Waals surface area contributed by atoms with Crippen LogP contribution in [0.15, 0.2) is 12.2 Å². The van der Waals surface area contributed by atoms with Gasteiger partial charge in [0.05, 0.1) is 0 Å². The third kappa shape index (κ3) is 4.21. The molecule has 13 heavy (non-hydrogen) atoms. The molecule has 0 saturated heterocycles. The normalized spacial score (nSPS) is 16.5. The zero-order valence-corrected chi connectivity index (χ0v) is 6.91. The summed E-state index contributed by atoms with van der Waals surface area (Å²) in [4.78, 5) is 0. The predicted molar refractivity (Wildman–Crippen MR) is 38.4 cm³/mol. The number of halogens is 5. The molecule has 1 atom stereocenters. The summed E-state index contributed by atoms with van der Waals surface area (Å²) in [5.74, 6) is -4.67. The van der Waals surface area contributed by atoms with Gasteiger partial charge in [-0.05, 0) is 6.92 Å². The third-order valence-corrected chi connectivity index (χ3v) is 1.23. The van der Waals surface area contributed by atoms with Crippen molar-refractivity contribution in [2.24, 2.45) is 5.73 Å². The van der Waals surface area contributed by atoms with E-state index < -0.39 is 24.6 Å². The molecule has 0 aliphatic rings. The van der Waals surface area contributed by atoms with Crippen molar-refractivity contribution in [2.45, 2.75) is 31.5 Å². The van der Waals surface area contributed by atoms with E-state index in [9.17, 15) is 22.0 Å². The molecule has 0 aromatic carbocycles. The van der Waals surface area contributed by atoms with Gasteiger partial charge < -0.3 is 5.73 Å². The Morgan fingerprint density at radius 1 is 1.23 bits per heavy atom. The fraction of sp³-hybridized carbons (Fsp3) is 0.714. The van der Waals surface area contributed by atoms with Crippen LogP contribution in [-0.2, 0) is 0 Å². The summed E-state index contributed by atoms with van der Waals surface area (Å²) in [5, 5.41) is 0. The Balaban J connectivity index is 4.20. The van der Waals surface area contributed by atoms with Crippen LogP contribution in [0.4, 0.5) is 22.0 Å². The molecule has 0 aliphatic carbocycles. The van der Waals surface area contributed by atoms with E-state index in [0.717, 1.165) is 12.2 Å².